The molecular formula is C20H46. The summed E-state index contributed by atoms with van der Waals surface area (Å²) in [4.78, 5) is 0. The highest BCUT2D eigenvalue weighted by Crippen LogP contribution is 1.88. The predicted octanol–water partition coefficient (Wildman–Crippen LogP) is 8.63. The fourth-order valence-electron chi connectivity index (χ4n) is 0.451. The SMILES string of the molecule is C=C.C=C.C=CC.CC.CC.CC.CC/C=C\CCC. The van der Waals surface area contributed by atoms with Gasteiger partial charge in [0, 0.05) is 0 Å². The molecule has 0 N–H and O–H groups in total. The minimum absolute atomic E-state index is 1.18. The zero-order chi connectivity index (χ0) is 18.2. The van der Waals surface area contributed by atoms with Crippen LogP contribution in [0.15, 0.2) is 51.1 Å². The Morgan fingerprint density at radius 3 is 1.10 bits per heavy atom. The van der Waals surface area contributed by atoms with E-state index in [0.29, 0.717) is 0 Å². The summed E-state index contributed by atoms with van der Waals surface area (Å²) >= 11 is 0. The van der Waals surface area contributed by atoms with E-state index in [1.54, 1.807) is 6.08 Å². The summed E-state index contributed by atoms with van der Waals surface area (Å²) < 4.78 is 0. The van der Waals surface area contributed by atoms with E-state index in [-0.39, 0.29) is 0 Å². The first kappa shape index (κ1) is 42.8. The smallest absolute Gasteiger partial charge is 0.0353 e. The van der Waals surface area contributed by atoms with Crippen molar-refractivity contribution in [3.05, 3.63) is 51.1 Å². The summed E-state index contributed by atoms with van der Waals surface area (Å²) in [6.45, 7) is 33.6. The Bertz CT molecular complexity index is 88.2. The van der Waals surface area contributed by atoms with E-state index < -0.39 is 0 Å². The van der Waals surface area contributed by atoms with Crippen LogP contribution in [0.3, 0.4) is 0 Å². The van der Waals surface area contributed by atoms with Crippen LogP contribution in [0.1, 0.15) is 81.6 Å². The van der Waals surface area contributed by atoms with Gasteiger partial charge in [-0.05, 0) is 19.8 Å². The summed E-state index contributed by atoms with van der Waals surface area (Å²) in [5, 5.41) is 0. The average molecular weight is 287 g/mol. The summed E-state index contributed by atoms with van der Waals surface area (Å²) in [5.74, 6) is 0. The Balaban J connectivity index is -0.0000000223. The number of hydrogen-bond acceptors (Lipinski definition) is 0. The third-order valence-corrected chi connectivity index (χ3v) is 0.858. The maximum absolute atomic E-state index is 3.36. The molecular weight excluding hydrogens is 240 g/mol. The van der Waals surface area contributed by atoms with E-state index in [1.165, 1.54) is 19.3 Å². The van der Waals surface area contributed by atoms with Crippen LogP contribution in [0, 0.1) is 0 Å². The minimum Gasteiger partial charge on any atom is -0.106 e. The molecule has 0 amide bonds. The van der Waals surface area contributed by atoms with E-state index in [0.717, 1.165) is 0 Å². The van der Waals surface area contributed by atoms with Gasteiger partial charge in [0.15, 0.2) is 0 Å². The monoisotopic (exact) mass is 286 g/mol. The van der Waals surface area contributed by atoms with Crippen LogP contribution in [0.25, 0.3) is 0 Å². The van der Waals surface area contributed by atoms with E-state index in [2.05, 4.69) is 58.9 Å². The fourth-order valence-corrected chi connectivity index (χ4v) is 0.451. The largest absolute Gasteiger partial charge is 0.106 e. The number of unbranched alkanes of at least 4 members (excludes halogenated alkanes) is 1. The molecule has 0 rings (SSSR count). The van der Waals surface area contributed by atoms with Gasteiger partial charge in [-0.2, -0.15) is 0 Å². The third-order valence-electron chi connectivity index (χ3n) is 0.858. The minimum atomic E-state index is 1.18. The summed E-state index contributed by atoms with van der Waals surface area (Å²) in [6.07, 6.45) is 9.90. The van der Waals surface area contributed by atoms with E-state index in [4.69, 9.17) is 0 Å². The first-order valence-corrected chi connectivity index (χ1v) is 8.05. The molecule has 0 radical (unpaired) electrons. The molecule has 0 aromatic carbocycles. The average Bonchev–Trinajstić information content (AvgIpc) is 2.58. The molecule has 0 heterocycles. The molecule has 0 aliphatic heterocycles. The van der Waals surface area contributed by atoms with Gasteiger partial charge < -0.3 is 0 Å². The lowest BCUT2D eigenvalue weighted by Gasteiger charge is -1.79. The molecule has 0 atom stereocenters. The second-order valence-corrected chi connectivity index (χ2v) is 2.08. The van der Waals surface area contributed by atoms with Gasteiger partial charge in [-0.15, -0.1) is 32.9 Å². The topological polar surface area (TPSA) is 0 Å². The summed E-state index contributed by atoms with van der Waals surface area (Å²) in [6, 6.07) is 0. The Morgan fingerprint density at radius 2 is 0.950 bits per heavy atom. The molecule has 0 saturated carbocycles. The molecule has 0 fully saturated rings. The Labute approximate surface area is 133 Å². The van der Waals surface area contributed by atoms with Crippen molar-refractivity contribution in [2.24, 2.45) is 0 Å². The van der Waals surface area contributed by atoms with E-state index >= 15 is 0 Å². The van der Waals surface area contributed by atoms with Gasteiger partial charge >= 0.3 is 0 Å². The fraction of sp³-hybridized carbons (Fsp3) is 0.600. The molecule has 20 heavy (non-hydrogen) atoms. The van der Waals surface area contributed by atoms with Crippen LogP contribution in [-0.2, 0) is 0 Å². The van der Waals surface area contributed by atoms with E-state index in [9.17, 15) is 0 Å². The van der Waals surface area contributed by atoms with Crippen LogP contribution < -0.4 is 0 Å². The highest BCUT2D eigenvalue weighted by molar-refractivity contribution is 4.78. The predicted molar refractivity (Wildman–Crippen MR) is 107 cm³/mol. The lowest BCUT2D eigenvalue weighted by atomic mass is 10.3. The summed E-state index contributed by atoms with van der Waals surface area (Å²) in [7, 11) is 0. The Kier molecular flexibility index (Phi) is 449. The van der Waals surface area contributed by atoms with E-state index in [1.807, 2.05) is 48.5 Å². The second-order valence-electron chi connectivity index (χ2n) is 2.08. The normalized spacial score (nSPS) is 5.65. The molecule has 0 aliphatic rings. The molecule has 0 aromatic heterocycles. The van der Waals surface area contributed by atoms with Crippen molar-refractivity contribution in [3.63, 3.8) is 0 Å². The van der Waals surface area contributed by atoms with Crippen LogP contribution in [-0.4, -0.2) is 0 Å². The summed E-state index contributed by atoms with van der Waals surface area (Å²) in [5.41, 5.74) is 0. The first-order valence-electron chi connectivity index (χ1n) is 8.05. The van der Waals surface area contributed by atoms with Gasteiger partial charge in [0.05, 0.1) is 0 Å². The zero-order valence-electron chi connectivity index (χ0n) is 16.4. The Morgan fingerprint density at radius 1 is 0.700 bits per heavy atom. The number of hydrogen-bond donors (Lipinski definition) is 0. The number of allylic oxidation sites excluding steroid dienone is 3. The zero-order valence-corrected chi connectivity index (χ0v) is 16.4. The van der Waals surface area contributed by atoms with Crippen molar-refractivity contribution >= 4 is 0 Å². The molecule has 0 aromatic rings. The van der Waals surface area contributed by atoms with Gasteiger partial charge in [-0.3, -0.25) is 0 Å². The highest BCUT2D eigenvalue weighted by Gasteiger charge is 1.68. The van der Waals surface area contributed by atoms with Gasteiger partial charge in [0.25, 0.3) is 0 Å². The quantitative estimate of drug-likeness (QED) is 0.455. The molecule has 0 bridgehead atoms. The molecule has 0 aliphatic carbocycles. The lowest BCUT2D eigenvalue weighted by Crippen LogP contribution is -1.58. The van der Waals surface area contributed by atoms with Crippen LogP contribution in [0.4, 0.5) is 0 Å². The molecule has 0 spiro atoms. The third kappa shape index (κ3) is 493. The first-order chi connectivity index (χ1) is 9.83. The Hall–Kier alpha value is -1.04. The number of rotatable bonds is 3. The van der Waals surface area contributed by atoms with Crippen molar-refractivity contribution < 1.29 is 0 Å². The van der Waals surface area contributed by atoms with Gasteiger partial charge in [0.1, 0.15) is 0 Å². The van der Waals surface area contributed by atoms with Gasteiger partial charge in [0.2, 0.25) is 0 Å². The van der Waals surface area contributed by atoms with Crippen LogP contribution in [0.5, 0.6) is 0 Å². The lowest BCUT2D eigenvalue weighted by molar-refractivity contribution is 0.952. The molecule has 0 saturated heterocycles. The molecule has 126 valence electrons. The second kappa shape index (κ2) is 210. The van der Waals surface area contributed by atoms with Gasteiger partial charge in [-0.25, -0.2) is 0 Å². The molecule has 0 nitrogen and oxygen atoms in total. The van der Waals surface area contributed by atoms with Crippen LogP contribution >= 0.6 is 0 Å². The molecule has 0 unspecified atom stereocenters. The highest BCUT2D eigenvalue weighted by atomic mass is 13.7. The maximum atomic E-state index is 3.36. The maximum Gasteiger partial charge on any atom is -0.0353 e. The van der Waals surface area contributed by atoms with Crippen LogP contribution in [0.2, 0.25) is 0 Å². The van der Waals surface area contributed by atoms with Crippen molar-refractivity contribution in [3.8, 4) is 0 Å². The van der Waals surface area contributed by atoms with Gasteiger partial charge in [-0.1, -0.05) is 80.0 Å². The van der Waals surface area contributed by atoms with Crippen molar-refractivity contribution in [1.29, 1.82) is 0 Å². The molecule has 0 heteroatoms. The van der Waals surface area contributed by atoms with Crippen molar-refractivity contribution in [1.82, 2.24) is 0 Å². The standard InChI is InChI=1S/C7H14.C3H6.3C2H6.2C2H4/c1-3-5-7-6-4-2;1-3-2;5*1-2/h5,7H,3-4,6H2,1-2H3;3H,1H2,2H3;3*1-2H3;2*1-2H2/b7-5-;;;;;;. The van der Waals surface area contributed by atoms with Crippen molar-refractivity contribution in [2.45, 2.75) is 81.6 Å². The van der Waals surface area contributed by atoms with Crippen molar-refractivity contribution in [2.75, 3.05) is 0 Å².